The molecule has 0 saturated carbocycles. The van der Waals surface area contributed by atoms with Crippen molar-refractivity contribution in [3.05, 3.63) is 150 Å². The fraction of sp³-hybridized carbons (Fsp3) is 0.271. The van der Waals surface area contributed by atoms with E-state index in [0.29, 0.717) is 0 Å². The Morgan fingerprint density at radius 3 is 1.65 bits per heavy atom. The highest BCUT2D eigenvalue weighted by molar-refractivity contribution is 5.83. The van der Waals surface area contributed by atoms with Crippen LogP contribution >= 0.6 is 0 Å². The Hall–Kier alpha value is -5.15. The molecule has 0 N–H and O–H groups in total. The lowest BCUT2D eigenvalue weighted by molar-refractivity contribution is 0.401. The Morgan fingerprint density at radius 2 is 1.04 bits per heavy atom. The van der Waals surface area contributed by atoms with Gasteiger partial charge >= 0.3 is 0 Å². The van der Waals surface area contributed by atoms with Gasteiger partial charge < -0.3 is 0 Å². The van der Waals surface area contributed by atoms with Crippen molar-refractivity contribution in [2.45, 2.75) is 83.5 Å². The number of hydrogen-bond acceptors (Lipinski definition) is 3. The molecule has 0 unspecified atom stereocenters. The minimum atomic E-state index is 0.103. The first-order chi connectivity index (χ1) is 25.2. The van der Waals surface area contributed by atoms with Crippen LogP contribution in [0.2, 0.25) is 0 Å². The third kappa shape index (κ3) is 7.64. The van der Waals surface area contributed by atoms with Crippen LogP contribution in [-0.4, -0.2) is 15.0 Å². The summed E-state index contributed by atoms with van der Waals surface area (Å²) in [4.78, 5) is 14.1. The Morgan fingerprint density at radius 1 is 0.471 bits per heavy atom. The van der Waals surface area contributed by atoms with E-state index >= 15 is 0 Å². The van der Waals surface area contributed by atoms with Gasteiger partial charge in [0.25, 0.3) is 0 Å². The molecular weight excluding hydrogens is 619 g/mol. The third-order valence-electron chi connectivity index (χ3n) is 10.6. The molecule has 0 fully saturated rings. The van der Waals surface area contributed by atoms with Crippen LogP contribution in [0.4, 0.5) is 0 Å². The minimum absolute atomic E-state index is 0.103. The predicted octanol–water partition coefficient (Wildman–Crippen LogP) is 13.3. The first-order valence-corrected chi connectivity index (χ1v) is 19.1. The van der Waals surface area contributed by atoms with Crippen LogP contribution in [0, 0.1) is 0 Å². The number of pyridine rings is 3. The first-order valence-electron chi connectivity index (χ1n) is 19.1. The number of fused-ring (bicyclic) bond motifs is 3. The van der Waals surface area contributed by atoms with Crippen molar-refractivity contribution >= 4 is 12.2 Å². The standard InChI is InChI=1S/C48H49N3/c1-3-5-7-13-29-48(30-14-8-6-4-2)42-18-10-9-17-40(42)41-28-25-37(33-43(41)48)22-21-36-23-26-38(27-24-36)39-34-46(44-19-11-15-31-49-44)51-47(35-39)45-20-12-16-32-50-45/h9-12,15-28,31-35H,3-8,13-14,29-30H2,1-2H3/b22-21+. The molecule has 0 amide bonds. The lowest BCUT2D eigenvalue weighted by Gasteiger charge is -2.33. The molecule has 0 aliphatic heterocycles. The predicted molar refractivity (Wildman–Crippen MR) is 215 cm³/mol. The molecule has 0 spiro atoms. The number of hydrogen-bond donors (Lipinski definition) is 0. The molecule has 3 aromatic carbocycles. The number of unbranched alkanes of at least 4 members (excludes halogenated alkanes) is 6. The van der Waals surface area contributed by atoms with E-state index in [0.717, 1.165) is 33.9 Å². The van der Waals surface area contributed by atoms with Gasteiger partial charge in [0.2, 0.25) is 0 Å². The average Bonchev–Trinajstić information content (AvgIpc) is 3.47. The van der Waals surface area contributed by atoms with Crippen molar-refractivity contribution in [2.24, 2.45) is 0 Å². The quantitative estimate of drug-likeness (QED) is 0.0808. The molecule has 1 aliphatic carbocycles. The number of rotatable bonds is 15. The molecule has 0 radical (unpaired) electrons. The van der Waals surface area contributed by atoms with Gasteiger partial charge in [-0.05, 0) is 93.7 Å². The van der Waals surface area contributed by atoms with Crippen molar-refractivity contribution in [2.75, 3.05) is 0 Å². The van der Waals surface area contributed by atoms with Crippen LogP contribution in [0.3, 0.4) is 0 Å². The van der Waals surface area contributed by atoms with Crippen molar-refractivity contribution < 1.29 is 0 Å². The zero-order valence-electron chi connectivity index (χ0n) is 30.2. The van der Waals surface area contributed by atoms with E-state index in [4.69, 9.17) is 4.98 Å². The van der Waals surface area contributed by atoms with E-state index in [-0.39, 0.29) is 5.41 Å². The average molecular weight is 668 g/mol. The molecular formula is C48H49N3. The van der Waals surface area contributed by atoms with Crippen LogP contribution in [0.25, 0.3) is 57.2 Å². The molecule has 0 bridgehead atoms. The molecule has 1 aliphatic rings. The van der Waals surface area contributed by atoms with Crippen molar-refractivity contribution in [3.8, 4) is 45.0 Å². The van der Waals surface area contributed by atoms with Gasteiger partial charge in [-0.25, -0.2) is 4.98 Å². The summed E-state index contributed by atoms with van der Waals surface area (Å²) < 4.78 is 0. The van der Waals surface area contributed by atoms with Crippen LogP contribution in [0.1, 0.15) is 100 Å². The number of benzene rings is 3. The highest BCUT2D eigenvalue weighted by Gasteiger charge is 2.42. The third-order valence-corrected chi connectivity index (χ3v) is 10.6. The van der Waals surface area contributed by atoms with Gasteiger partial charge in [0.15, 0.2) is 0 Å². The molecule has 6 aromatic rings. The molecule has 3 heterocycles. The minimum Gasteiger partial charge on any atom is -0.255 e. The molecule has 0 saturated heterocycles. The summed E-state index contributed by atoms with van der Waals surface area (Å²) in [5.41, 5.74) is 14.1. The van der Waals surface area contributed by atoms with Gasteiger partial charge in [0.1, 0.15) is 0 Å². The van der Waals surface area contributed by atoms with Gasteiger partial charge in [-0.15, -0.1) is 0 Å². The van der Waals surface area contributed by atoms with Crippen LogP contribution < -0.4 is 0 Å². The van der Waals surface area contributed by atoms with E-state index in [1.54, 1.807) is 11.1 Å². The maximum atomic E-state index is 4.94. The second-order valence-electron chi connectivity index (χ2n) is 14.1. The largest absolute Gasteiger partial charge is 0.255 e. The molecule has 3 heteroatoms. The van der Waals surface area contributed by atoms with Crippen molar-refractivity contribution in [1.82, 2.24) is 15.0 Å². The maximum absolute atomic E-state index is 4.94. The van der Waals surface area contributed by atoms with Gasteiger partial charge in [-0.2, -0.15) is 0 Å². The first kappa shape index (κ1) is 34.3. The number of aromatic nitrogens is 3. The van der Waals surface area contributed by atoms with Gasteiger partial charge in [-0.1, -0.05) is 156 Å². The molecule has 3 aromatic heterocycles. The molecule has 51 heavy (non-hydrogen) atoms. The summed E-state index contributed by atoms with van der Waals surface area (Å²) in [7, 11) is 0. The summed E-state index contributed by atoms with van der Waals surface area (Å²) in [6.07, 6.45) is 21.0. The highest BCUT2D eigenvalue weighted by atomic mass is 14.8. The van der Waals surface area contributed by atoms with E-state index in [2.05, 4.69) is 115 Å². The van der Waals surface area contributed by atoms with Gasteiger partial charge in [0, 0.05) is 17.8 Å². The molecule has 0 atom stereocenters. The summed E-state index contributed by atoms with van der Waals surface area (Å²) in [6.45, 7) is 4.62. The highest BCUT2D eigenvalue weighted by Crippen LogP contribution is 2.54. The molecule has 3 nitrogen and oxygen atoms in total. The fourth-order valence-corrected chi connectivity index (χ4v) is 7.91. The second kappa shape index (κ2) is 16.2. The summed E-state index contributed by atoms with van der Waals surface area (Å²) in [5.74, 6) is 0. The second-order valence-corrected chi connectivity index (χ2v) is 14.1. The zero-order chi connectivity index (χ0) is 34.9. The van der Waals surface area contributed by atoms with E-state index in [9.17, 15) is 0 Å². The SMILES string of the molecule is CCCCCCC1(CCCCCC)c2ccccc2-c2ccc(/C=C/c3ccc(-c4cc(-c5ccccn5)nc(-c5ccccn5)c4)cc3)cc21. The van der Waals surface area contributed by atoms with E-state index in [1.807, 2.05) is 48.8 Å². The summed E-state index contributed by atoms with van der Waals surface area (Å²) in [5, 5.41) is 0. The van der Waals surface area contributed by atoms with Crippen LogP contribution in [-0.2, 0) is 5.41 Å². The number of nitrogens with zero attached hydrogens (tertiary/aromatic N) is 3. The summed E-state index contributed by atoms with van der Waals surface area (Å²) >= 11 is 0. The zero-order valence-corrected chi connectivity index (χ0v) is 30.2. The Balaban J connectivity index is 1.17. The van der Waals surface area contributed by atoms with Gasteiger partial charge in [0.05, 0.1) is 22.8 Å². The lowest BCUT2D eigenvalue weighted by atomic mass is 9.70. The molecule has 256 valence electrons. The molecule has 7 rings (SSSR count). The van der Waals surface area contributed by atoms with E-state index < -0.39 is 0 Å². The maximum Gasteiger partial charge on any atom is 0.0900 e. The normalized spacial score (nSPS) is 13.0. The fourth-order valence-electron chi connectivity index (χ4n) is 7.91. The topological polar surface area (TPSA) is 38.7 Å². The van der Waals surface area contributed by atoms with E-state index in [1.165, 1.54) is 86.5 Å². The Bertz CT molecular complexity index is 1990. The van der Waals surface area contributed by atoms with Crippen LogP contribution in [0.5, 0.6) is 0 Å². The summed E-state index contributed by atoms with van der Waals surface area (Å²) in [6, 6.07) is 41.4. The van der Waals surface area contributed by atoms with Crippen LogP contribution in [0.15, 0.2) is 128 Å². The van der Waals surface area contributed by atoms with Crippen molar-refractivity contribution in [1.29, 1.82) is 0 Å². The Kier molecular flexibility index (Phi) is 10.9. The lowest BCUT2D eigenvalue weighted by Crippen LogP contribution is -2.25. The van der Waals surface area contributed by atoms with Crippen molar-refractivity contribution in [3.63, 3.8) is 0 Å². The monoisotopic (exact) mass is 667 g/mol. The Labute approximate surface area is 304 Å². The van der Waals surface area contributed by atoms with Gasteiger partial charge in [-0.3, -0.25) is 9.97 Å². The smallest absolute Gasteiger partial charge is 0.0900 e.